The number of benzene rings is 3. The van der Waals surface area contributed by atoms with Crippen LogP contribution < -0.4 is 10.6 Å². The highest BCUT2D eigenvalue weighted by Crippen LogP contribution is 2.29. The largest absolute Gasteiger partial charge is 0.507 e. The molecular formula is C19H17BrN2O2. The standard InChI is InChI=1S/C19H17BrN2O2/c20-14-9-7-13(8-10-14)11-12-21-19(24)22-17-5-1-4-16-15(17)3-2-6-18(16)23/h1-10,23H,11-12H2,(H2,21,22,24). The first-order valence-corrected chi connectivity index (χ1v) is 8.43. The zero-order chi connectivity index (χ0) is 16.9. The van der Waals surface area contributed by atoms with Gasteiger partial charge in [-0.1, -0.05) is 52.3 Å². The summed E-state index contributed by atoms with van der Waals surface area (Å²) in [6.07, 6.45) is 0.761. The van der Waals surface area contributed by atoms with Gasteiger partial charge >= 0.3 is 6.03 Å². The number of fused-ring (bicyclic) bond motifs is 1. The van der Waals surface area contributed by atoms with Crippen LogP contribution in [0.25, 0.3) is 10.8 Å². The van der Waals surface area contributed by atoms with Crippen molar-refractivity contribution in [3.05, 3.63) is 70.7 Å². The Balaban J connectivity index is 1.61. The summed E-state index contributed by atoms with van der Waals surface area (Å²) in [5, 5.41) is 17.1. The molecule has 4 nitrogen and oxygen atoms in total. The van der Waals surface area contributed by atoms with Crippen molar-refractivity contribution < 1.29 is 9.90 Å². The Morgan fingerprint density at radius 3 is 2.46 bits per heavy atom. The number of nitrogens with one attached hydrogen (secondary N) is 2. The summed E-state index contributed by atoms with van der Waals surface area (Å²) in [6.45, 7) is 0.545. The van der Waals surface area contributed by atoms with Gasteiger partial charge in [-0.05, 0) is 36.2 Å². The number of urea groups is 1. The SMILES string of the molecule is O=C(NCCc1ccc(Br)cc1)Nc1cccc2c(O)cccc12. The van der Waals surface area contributed by atoms with E-state index in [-0.39, 0.29) is 11.8 Å². The maximum Gasteiger partial charge on any atom is 0.319 e. The summed E-state index contributed by atoms with van der Waals surface area (Å²) in [4.78, 5) is 12.1. The second-order valence-corrected chi connectivity index (χ2v) is 6.35. The number of anilines is 1. The number of hydrogen-bond donors (Lipinski definition) is 3. The van der Waals surface area contributed by atoms with Gasteiger partial charge in [-0.3, -0.25) is 0 Å². The zero-order valence-electron chi connectivity index (χ0n) is 12.9. The van der Waals surface area contributed by atoms with E-state index in [1.54, 1.807) is 18.2 Å². The quantitative estimate of drug-likeness (QED) is 0.611. The van der Waals surface area contributed by atoms with Crippen molar-refractivity contribution in [2.75, 3.05) is 11.9 Å². The highest BCUT2D eigenvalue weighted by atomic mass is 79.9. The van der Waals surface area contributed by atoms with Crippen LogP contribution in [-0.4, -0.2) is 17.7 Å². The number of carbonyl (C=O) groups excluding carboxylic acids is 1. The number of phenolic OH excluding ortho intramolecular Hbond substituents is 1. The third kappa shape index (κ3) is 3.86. The minimum Gasteiger partial charge on any atom is -0.507 e. The normalized spacial score (nSPS) is 10.5. The Bertz CT molecular complexity index is 863. The molecule has 0 saturated heterocycles. The van der Waals surface area contributed by atoms with E-state index in [4.69, 9.17) is 0 Å². The minimum absolute atomic E-state index is 0.201. The van der Waals surface area contributed by atoms with Crippen LogP contribution in [0, 0.1) is 0 Å². The van der Waals surface area contributed by atoms with Crippen molar-refractivity contribution in [3.8, 4) is 5.75 Å². The molecular weight excluding hydrogens is 368 g/mol. The lowest BCUT2D eigenvalue weighted by molar-refractivity contribution is 0.252. The molecule has 0 fully saturated rings. The van der Waals surface area contributed by atoms with Crippen LogP contribution >= 0.6 is 15.9 Å². The summed E-state index contributed by atoms with van der Waals surface area (Å²) < 4.78 is 1.04. The fourth-order valence-electron chi connectivity index (χ4n) is 2.54. The highest BCUT2D eigenvalue weighted by Gasteiger charge is 2.07. The lowest BCUT2D eigenvalue weighted by atomic mass is 10.1. The third-order valence-corrected chi connectivity index (χ3v) is 4.29. The van der Waals surface area contributed by atoms with E-state index >= 15 is 0 Å². The van der Waals surface area contributed by atoms with Gasteiger partial charge in [0, 0.05) is 21.8 Å². The van der Waals surface area contributed by atoms with Gasteiger partial charge in [-0.15, -0.1) is 0 Å². The van der Waals surface area contributed by atoms with Gasteiger partial charge in [-0.2, -0.15) is 0 Å². The van der Waals surface area contributed by atoms with Gasteiger partial charge in [0.25, 0.3) is 0 Å². The summed E-state index contributed by atoms with van der Waals surface area (Å²) in [5.41, 5.74) is 1.83. The summed E-state index contributed by atoms with van der Waals surface area (Å²) in [6, 6.07) is 18.5. The van der Waals surface area contributed by atoms with Gasteiger partial charge in [-0.25, -0.2) is 4.79 Å². The zero-order valence-corrected chi connectivity index (χ0v) is 14.5. The fraction of sp³-hybridized carbons (Fsp3) is 0.105. The molecule has 0 saturated carbocycles. The molecule has 0 spiro atoms. The Labute approximate surface area is 148 Å². The maximum absolute atomic E-state index is 12.1. The summed E-state index contributed by atoms with van der Waals surface area (Å²) >= 11 is 3.40. The molecule has 3 aromatic carbocycles. The number of halogens is 1. The van der Waals surface area contributed by atoms with Gasteiger partial charge in [0.05, 0.1) is 5.69 Å². The van der Waals surface area contributed by atoms with Crippen LogP contribution in [0.1, 0.15) is 5.56 Å². The van der Waals surface area contributed by atoms with Crippen LogP contribution in [0.2, 0.25) is 0 Å². The van der Waals surface area contributed by atoms with E-state index in [9.17, 15) is 9.90 Å². The van der Waals surface area contributed by atoms with E-state index < -0.39 is 0 Å². The Kier molecular flexibility index (Phi) is 5.01. The number of phenols is 1. The van der Waals surface area contributed by atoms with Gasteiger partial charge in [0.2, 0.25) is 0 Å². The van der Waals surface area contributed by atoms with Crippen molar-refractivity contribution in [1.82, 2.24) is 5.32 Å². The second-order valence-electron chi connectivity index (χ2n) is 5.44. The van der Waals surface area contributed by atoms with Crippen molar-refractivity contribution in [1.29, 1.82) is 0 Å². The molecule has 0 aliphatic carbocycles. The first kappa shape index (κ1) is 16.3. The average Bonchev–Trinajstić information content (AvgIpc) is 2.58. The fourth-order valence-corrected chi connectivity index (χ4v) is 2.80. The van der Waals surface area contributed by atoms with Gasteiger partial charge in [0.1, 0.15) is 5.75 Å². The number of aromatic hydroxyl groups is 1. The maximum atomic E-state index is 12.1. The Hall–Kier alpha value is -2.53. The molecule has 0 aliphatic rings. The van der Waals surface area contributed by atoms with Gasteiger partial charge in [0.15, 0.2) is 0 Å². The smallest absolute Gasteiger partial charge is 0.319 e. The van der Waals surface area contributed by atoms with E-state index in [0.717, 1.165) is 21.8 Å². The van der Waals surface area contributed by atoms with E-state index in [1.807, 2.05) is 42.5 Å². The monoisotopic (exact) mass is 384 g/mol. The number of hydrogen-bond acceptors (Lipinski definition) is 2. The van der Waals surface area contributed by atoms with E-state index in [2.05, 4.69) is 26.6 Å². The number of amides is 2. The predicted octanol–water partition coefficient (Wildman–Crippen LogP) is 4.67. The van der Waals surface area contributed by atoms with Crippen molar-refractivity contribution in [3.63, 3.8) is 0 Å². The molecule has 24 heavy (non-hydrogen) atoms. The van der Waals surface area contributed by atoms with E-state index in [1.165, 1.54) is 0 Å². The lowest BCUT2D eigenvalue weighted by Crippen LogP contribution is -2.30. The third-order valence-electron chi connectivity index (χ3n) is 3.76. The van der Waals surface area contributed by atoms with Crippen LogP contribution in [-0.2, 0) is 6.42 Å². The topological polar surface area (TPSA) is 61.4 Å². The Morgan fingerprint density at radius 2 is 1.67 bits per heavy atom. The van der Waals surface area contributed by atoms with E-state index in [0.29, 0.717) is 17.6 Å². The van der Waals surface area contributed by atoms with Crippen molar-refractivity contribution in [2.24, 2.45) is 0 Å². The first-order valence-electron chi connectivity index (χ1n) is 7.63. The molecule has 0 radical (unpaired) electrons. The molecule has 3 rings (SSSR count). The predicted molar refractivity (Wildman–Crippen MR) is 100 cm³/mol. The molecule has 0 aromatic heterocycles. The highest BCUT2D eigenvalue weighted by molar-refractivity contribution is 9.10. The van der Waals surface area contributed by atoms with Crippen LogP contribution in [0.5, 0.6) is 5.75 Å². The van der Waals surface area contributed by atoms with Gasteiger partial charge < -0.3 is 15.7 Å². The van der Waals surface area contributed by atoms with Crippen molar-refractivity contribution in [2.45, 2.75) is 6.42 Å². The van der Waals surface area contributed by atoms with Crippen LogP contribution in [0.3, 0.4) is 0 Å². The second kappa shape index (κ2) is 7.36. The molecule has 2 amide bonds. The molecule has 5 heteroatoms. The average molecular weight is 385 g/mol. The first-order chi connectivity index (χ1) is 11.6. The Morgan fingerprint density at radius 1 is 0.958 bits per heavy atom. The lowest BCUT2D eigenvalue weighted by Gasteiger charge is -2.11. The summed E-state index contributed by atoms with van der Waals surface area (Å²) in [5.74, 6) is 0.201. The number of rotatable bonds is 4. The number of carbonyl (C=O) groups is 1. The molecule has 3 aromatic rings. The molecule has 122 valence electrons. The molecule has 0 bridgehead atoms. The molecule has 0 heterocycles. The van der Waals surface area contributed by atoms with Crippen LogP contribution in [0.4, 0.5) is 10.5 Å². The summed E-state index contributed by atoms with van der Waals surface area (Å²) in [7, 11) is 0. The van der Waals surface area contributed by atoms with Crippen LogP contribution in [0.15, 0.2) is 65.1 Å². The minimum atomic E-state index is -0.261. The molecule has 0 aliphatic heterocycles. The molecule has 3 N–H and O–H groups in total. The molecule has 0 unspecified atom stereocenters. The van der Waals surface area contributed by atoms with Crippen molar-refractivity contribution >= 4 is 38.4 Å². The molecule has 0 atom stereocenters.